The van der Waals surface area contributed by atoms with E-state index in [1.54, 1.807) is 0 Å². The number of likely N-dealkylation sites (N-methyl/N-ethyl adjacent to an activating group) is 1. The smallest absolute Gasteiger partial charge is 0.255 e. The van der Waals surface area contributed by atoms with Crippen LogP contribution in [-0.4, -0.2) is 103 Å². The number of aliphatic hydroxyl groups excluding tert-OH is 4. The Morgan fingerprint density at radius 2 is 1.62 bits per heavy atom. The Labute approximate surface area is 226 Å². The maximum absolute atomic E-state index is 13.2. The normalized spacial score (nSPS) is 12.9. The van der Waals surface area contributed by atoms with Crippen molar-refractivity contribution in [1.82, 2.24) is 10.2 Å². The Morgan fingerprint density at radius 1 is 1.03 bits per heavy atom. The Balaban J connectivity index is 3.45. The van der Waals surface area contributed by atoms with Crippen LogP contribution in [0.1, 0.15) is 20.7 Å². The summed E-state index contributed by atoms with van der Waals surface area (Å²) >= 11 is 5.90. The van der Waals surface area contributed by atoms with Crippen LogP contribution in [0.3, 0.4) is 0 Å². The van der Waals surface area contributed by atoms with Gasteiger partial charge in [0.2, 0.25) is 0 Å². The van der Waals surface area contributed by atoms with Crippen molar-refractivity contribution in [1.29, 1.82) is 0 Å². The molecule has 0 aliphatic carbocycles. The number of methoxy groups -OCH3 is 1. The van der Waals surface area contributed by atoms with Crippen LogP contribution in [0.4, 0.5) is 5.69 Å². The van der Waals surface area contributed by atoms with Crippen molar-refractivity contribution in [2.45, 2.75) is 12.2 Å². The lowest BCUT2D eigenvalue weighted by Gasteiger charge is -2.24. The van der Waals surface area contributed by atoms with Crippen molar-refractivity contribution in [3.05, 3.63) is 21.8 Å². The molecule has 11 nitrogen and oxygen atoms in total. The molecule has 0 aliphatic heterocycles. The molecule has 6 N–H and O–H groups in total. The van der Waals surface area contributed by atoms with Gasteiger partial charge in [0, 0.05) is 30.8 Å². The topological polar surface area (TPSA) is 161 Å². The van der Waals surface area contributed by atoms with E-state index in [0.29, 0.717) is 16.4 Å². The molecule has 1 aromatic carbocycles. The van der Waals surface area contributed by atoms with E-state index >= 15 is 0 Å². The highest BCUT2D eigenvalue weighted by atomic mass is 127. The SMILES string of the molecule is COCOCNc1c(I)c(C(=O)NCC(O)CO)c(I)c(C(=O)N(C)CC(O)CO)c1I. The van der Waals surface area contributed by atoms with Crippen LogP contribution in [0.5, 0.6) is 0 Å². The van der Waals surface area contributed by atoms with Gasteiger partial charge < -0.3 is 45.4 Å². The highest BCUT2D eigenvalue weighted by Gasteiger charge is 2.29. The van der Waals surface area contributed by atoms with Gasteiger partial charge in [-0.3, -0.25) is 9.59 Å². The Morgan fingerprint density at radius 3 is 2.19 bits per heavy atom. The first-order chi connectivity index (χ1) is 15.1. The van der Waals surface area contributed by atoms with Crippen LogP contribution in [0.15, 0.2) is 0 Å². The van der Waals surface area contributed by atoms with E-state index in [-0.39, 0.29) is 37.7 Å². The van der Waals surface area contributed by atoms with E-state index < -0.39 is 37.2 Å². The van der Waals surface area contributed by atoms with Crippen LogP contribution in [-0.2, 0) is 9.47 Å². The molecule has 0 aliphatic rings. The molecule has 182 valence electrons. The van der Waals surface area contributed by atoms with Crippen LogP contribution in [0, 0.1) is 10.7 Å². The number of anilines is 1. The van der Waals surface area contributed by atoms with E-state index in [1.807, 2.05) is 67.8 Å². The second-order valence-electron chi connectivity index (χ2n) is 6.57. The summed E-state index contributed by atoms with van der Waals surface area (Å²) in [4.78, 5) is 27.4. The first kappa shape index (κ1) is 29.9. The number of nitrogens with one attached hydrogen (secondary N) is 2. The van der Waals surface area contributed by atoms with Crippen molar-refractivity contribution in [2.75, 3.05) is 59.3 Å². The number of hydrogen-bond donors (Lipinski definition) is 6. The molecule has 0 radical (unpaired) electrons. The molecule has 14 heteroatoms. The van der Waals surface area contributed by atoms with Crippen LogP contribution in [0.25, 0.3) is 0 Å². The summed E-state index contributed by atoms with van der Waals surface area (Å²) in [5.41, 5.74) is 0.946. The summed E-state index contributed by atoms with van der Waals surface area (Å²) < 4.78 is 11.6. The lowest BCUT2D eigenvalue weighted by molar-refractivity contribution is -0.0229. The molecule has 32 heavy (non-hydrogen) atoms. The van der Waals surface area contributed by atoms with Gasteiger partial charge in [0.15, 0.2) is 0 Å². The number of carbonyl (C=O) groups excluding carboxylic acids is 2. The maximum atomic E-state index is 13.2. The van der Waals surface area contributed by atoms with Gasteiger partial charge in [0.05, 0.1) is 49.4 Å². The van der Waals surface area contributed by atoms with Crippen molar-refractivity contribution in [2.24, 2.45) is 0 Å². The number of aliphatic hydroxyl groups is 4. The predicted molar refractivity (Wildman–Crippen MR) is 142 cm³/mol. The lowest BCUT2D eigenvalue weighted by atomic mass is 10.1. The Bertz CT molecular complexity index is 799. The minimum atomic E-state index is -1.12. The molecular formula is C18H26I3N3O8. The second-order valence-corrected chi connectivity index (χ2v) is 9.80. The van der Waals surface area contributed by atoms with Gasteiger partial charge >= 0.3 is 0 Å². The van der Waals surface area contributed by atoms with Crippen molar-refractivity contribution in [3.63, 3.8) is 0 Å². The molecule has 0 heterocycles. The van der Waals surface area contributed by atoms with E-state index in [1.165, 1.54) is 19.1 Å². The van der Waals surface area contributed by atoms with Gasteiger partial charge in [-0.25, -0.2) is 0 Å². The molecular weight excluding hydrogens is 767 g/mol. The number of rotatable bonds is 13. The fraction of sp³-hybridized carbons (Fsp3) is 0.556. The third-order valence-electron chi connectivity index (χ3n) is 4.06. The van der Waals surface area contributed by atoms with Crippen molar-refractivity contribution < 1.29 is 39.5 Å². The fourth-order valence-electron chi connectivity index (χ4n) is 2.47. The summed E-state index contributed by atoms with van der Waals surface area (Å²) in [5.74, 6) is -0.983. The predicted octanol–water partition coefficient (Wildman–Crippen LogP) is -0.00150. The van der Waals surface area contributed by atoms with E-state index in [0.717, 1.165) is 0 Å². The first-order valence-corrected chi connectivity index (χ1v) is 12.5. The summed E-state index contributed by atoms with van der Waals surface area (Å²) in [7, 11) is 2.96. The maximum Gasteiger partial charge on any atom is 0.255 e. The largest absolute Gasteiger partial charge is 0.394 e. The zero-order valence-corrected chi connectivity index (χ0v) is 23.9. The molecule has 2 atom stereocenters. The van der Waals surface area contributed by atoms with Crippen LogP contribution < -0.4 is 10.6 Å². The minimum Gasteiger partial charge on any atom is -0.394 e. The number of halogens is 3. The van der Waals surface area contributed by atoms with Gasteiger partial charge in [-0.1, -0.05) is 0 Å². The number of carbonyl (C=O) groups is 2. The van der Waals surface area contributed by atoms with Gasteiger partial charge in [-0.15, -0.1) is 0 Å². The van der Waals surface area contributed by atoms with Crippen molar-refractivity contribution in [3.8, 4) is 0 Å². The number of nitrogens with zero attached hydrogens (tertiary/aromatic N) is 1. The Hall–Kier alpha value is -0.0900. The molecule has 0 bridgehead atoms. The van der Waals surface area contributed by atoms with Crippen LogP contribution in [0.2, 0.25) is 0 Å². The highest BCUT2D eigenvalue weighted by Crippen LogP contribution is 2.36. The van der Waals surface area contributed by atoms with E-state index in [2.05, 4.69) is 10.6 Å². The highest BCUT2D eigenvalue weighted by molar-refractivity contribution is 14.1. The Kier molecular flexibility index (Phi) is 14.1. The van der Waals surface area contributed by atoms with E-state index in [4.69, 9.17) is 19.7 Å². The first-order valence-electron chi connectivity index (χ1n) is 9.23. The second kappa shape index (κ2) is 15.0. The summed E-state index contributed by atoms with van der Waals surface area (Å²) in [6.45, 7) is -1.17. The standard InChI is InChI=1S/C18H26I3N3O8/c1-24(4-10(28)6-26)18(30)12-13(19)11(17(29)22-3-9(27)5-25)14(20)16(15(12)21)23-7-32-8-31-2/h9-10,23,25-28H,3-8H2,1-2H3,(H,22,29). The third-order valence-corrected chi connectivity index (χ3v) is 7.30. The molecule has 2 unspecified atom stereocenters. The van der Waals surface area contributed by atoms with E-state index in [9.17, 15) is 19.8 Å². The van der Waals surface area contributed by atoms with Crippen molar-refractivity contribution >= 4 is 85.3 Å². The van der Waals surface area contributed by atoms with Gasteiger partial charge in [0.25, 0.3) is 11.8 Å². The number of amides is 2. The summed E-state index contributed by atoms with van der Waals surface area (Å²) in [6.07, 6.45) is -2.23. The summed E-state index contributed by atoms with van der Waals surface area (Å²) in [6, 6.07) is 0. The fourth-order valence-corrected chi connectivity index (χ4v) is 6.96. The van der Waals surface area contributed by atoms with Crippen LogP contribution >= 0.6 is 67.8 Å². The molecule has 0 aromatic heterocycles. The molecule has 0 saturated carbocycles. The molecule has 0 spiro atoms. The average Bonchev–Trinajstić information content (AvgIpc) is 2.76. The number of hydrogen-bond acceptors (Lipinski definition) is 9. The molecule has 1 aromatic rings. The summed E-state index contributed by atoms with van der Waals surface area (Å²) in [5, 5.41) is 43.0. The number of ether oxygens (including phenoxy) is 2. The van der Waals surface area contributed by atoms with Gasteiger partial charge in [-0.2, -0.15) is 0 Å². The zero-order chi connectivity index (χ0) is 24.4. The third kappa shape index (κ3) is 8.29. The quantitative estimate of drug-likeness (QED) is 0.0919. The zero-order valence-electron chi connectivity index (χ0n) is 17.4. The average molecular weight is 793 g/mol. The molecule has 1 rings (SSSR count). The minimum absolute atomic E-state index is 0.0461. The monoisotopic (exact) mass is 793 g/mol. The van der Waals surface area contributed by atoms with Gasteiger partial charge in [-0.05, 0) is 67.8 Å². The lowest BCUT2D eigenvalue weighted by Crippen LogP contribution is -2.38. The number of benzene rings is 1. The molecule has 2 amide bonds. The molecule has 0 fully saturated rings. The molecule has 0 saturated heterocycles. The van der Waals surface area contributed by atoms with Gasteiger partial charge in [0.1, 0.15) is 13.5 Å².